The molecule has 90 valence electrons. The first-order valence-electron chi connectivity index (χ1n) is 5.73. The van der Waals surface area contributed by atoms with E-state index in [1.807, 2.05) is 17.8 Å². The summed E-state index contributed by atoms with van der Waals surface area (Å²) in [5, 5.41) is 0. The van der Waals surface area contributed by atoms with Crippen LogP contribution in [0, 0.1) is 0 Å². The van der Waals surface area contributed by atoms with Crippen LogP contribution in [-0.2, 0) is 7.05 Å². The monoisotopic (exact) mass is 222 g/mol. The molecule has 2 heterocycles. The van der Waals surface area contributed by atoms with Crippen molar-refractivity contribution >= 4 is 0 Å². The lowest BCUT2D eigenvalue weighted by atomic mass is 10.4. The summed E-state index contributed by atoms with van der Waals surface area (Å²) in [6.45, 7) is 5.59. The van der Waals surface area contributed by atoms with Crippen LogP contribution in [0.2, 0.25) is 0 Å². The van der Waals surface area contributed by atoms with Crippen molar-refractivity contribution in [1.29, 1.82) is 0 Å². The van der Waals surface area contributed by atoms with Crippen molar-refractivity contribution < 1.29 is 0 Å². The fourth-order valence-electron chi connectivity index (χ4n) is 1.52. The van der Waals surface area contributed by atoms with Gasteiger partial charge in [0.15, 0.2) is 0 Å². The van der Waals surface area contributed by atoms with E-state index in [9.17, 15) is 0 Å². The third-order valence-corrected chi connectivity index (χ3v) is 2.68. The Morgan fingerprint density at radius 3 is 2.31 bits per heavy atom. The summed E-state index contributed by atoms with van der Waals surface area (Å²) in [6.07, 6.45) is 11.5. The second kappa shape index (κ2) is 6.20. The molecule has 0 N–H and O–H groups in total. The summed E-state index contributed by atoms with van der Waals surface area (Å²) >= 11 is 0. The summed E-state index contributed by atoms with van der Waals surface area (Å²) in [5.74, 6) is 0. The molecule has 1 aromatic rings. The first-order valence-corrected chi connectivity index (χ1v) is 5.73. The standard InChI is InChI=1S/C8H16N2.C4H6N2/c1-4-5-10-7-6-9(3)8(10)2;1-6-3-2-5-4-6/h6-8H,4-5H2,1-3H3;2-4H,1H3. The molecule has 16 heavy (non-hydrogen) atoms. The molecule has 0 saturated carbocycles. The summed E-state index contributed by atoms with van der Waals surface area (Å²) in [7, 11) is 4.05. The molecule has 0 fully saturated rings. The van der Waals surface area contributed by atoms with E-state index in [0.717, 1.165) is 0 Å². The maximum Gasteiger partial charge on any atom is 0.0974 e. The van der Waals surface area contributed by atoms with Gasteiger partial charge in [0.05, 0.1) is 12.5 Å². The molecule has 1 unspecified atom stereocenters. The van der Waals surface area contributed by atoms with Crippen LogP contribution in [0.25, 0.3) is 0 Å². The van der Waals surface area contributed by atoms with Gasteiger partial charge in [-0.2, -0.15) is 0 Å². The maximum atomic E-state index is 3.78. The van der Waals surface area contributed by atoms with Crippen molar-refractivity contribution in [3.8, 4) is 0 Å². The van der Waals surface area contributed by atoms with Crippen LogP contribution >= 0.6 is 0 Å². The molecular weight excluding hydrogens is 200 g/mol. The maximum absolute atomic E-state index is 3.78. The lowest BCUT2D eigenvalue weighted by Crippen LogP contribution is -2.33. The molecule has 1 aliphatic heterocycles. The van der Waals surface area contributed by atoms with E-state index < -0.39 is 0 Å². The van der Waals surface area contributed by atoms with Crippen molar-refractivity contribution in [2.24, 2.45) is 7.05 Å². The molecule has 4 heteroatoms. The lowest BCUT2D eigenvalue weighted by molar-refractivity contribution is 0.195. The molecule has 0 bridgehead atoms. The molecule has 0 spiro atoms. The Kier molecular flexibility index (Phi) is 4.89. The number of hydrogen-bond acceptors (Lipinski definition) is 3. The SMILES string of the molecule is CCCN1C=CN(C)C1C.Cn1ccnc1. The number of aromatic nitrogens is 2. The van der Waals surface area contributed by atoms with Gasteiger partial charge in [0, 0.05) is 45.4 Å². The van der Waals surface area contributed by atoms with E-state index in [0.29, 0.717) is 6.17 Å². The average Bonchev–Trinajstić information content (AvgIpc) is 2.84. The summed E-state index contributed by atoms with van der Waals surface area (Å²) in [6, 6.07) is 0. The van der Waals surface area contributed by atoms with Gasteiger partial charge in [-0.1, -0.05) is 6.92 Å². The highest BCUT2D eigenvalue weighted by Gasteiger charge is 2.16. The Hall–Kier alpha value is -1.45. The highest BCUT2D eigenvalue weighted by molar-refractivity contribution is 4.93. The first-order chi connectivity index (χ1) is 7.65. The minimum atomic E-state index is 0.556. The molecular formula is C12H22N4. The van der Waals surface area contributed by atoms with Gasteiger partial charge in [-0.3, -0.25) is 0 Å². The zero-order valence-corrected chi connectivity index (χ0v) is 10.7. The van der Waals surface area contributed by atoms with E-state index in [2.05, 4.69) is 48.1 Å². The van der Waals surface area contributed by atoms with Gasteiger partial charge >= 0.3 is 0 Å². The summed E-state index contributed by atoms with van der Waals surface area (Å²) < 4.78 is 1.89. The molecule has 1 atom stereocenters. The van der Waals surface area contributed by atoms with Crippen molar-refractivity contribution in [3.05, 3.63) is 31.1 Å². The Morgan fingerprint density at radius 1 is 1.25 bits per heavy atom. The predicted octanol–water partition coefficient (Wildman–Crippen LogP) is 1.88. The van der Waals surface area contributed by atoms with Crippen molar-refractivity contribution in [3.63, 3.8) is 0 Å². The average molecular weight is 222 g/mol. The molecule has 0 saturated heterocycles. The number of hydrogen-bond donors (Lipinski definition) is 0. The van der Waals surface area contributed by atoms with E-state index in [1.54, 1.807) is 12.5 Å². The first kappa shape index (κ1) is 12.6. The molecule has 4 nitrogen and oxygen atoms in total. The van der Waals surface area contributed by atoms with Crippen molar-refractivity contribution in [2.75, 3.05) is 13.6 Å². The molecule has 1 aromatic heterocycles. The fourth-order valence-corrected chi connectivity index (χ4v) is 1.52. The minimum Gasteiger partial charge on any atom is -0.359 e. The van der Waals surface area contributed by atoms with Gasteiger partial charge < -0.3 is 14.4 Å². The van der Waals surface area contributed by atoms with Gasteiger partial charge in [0.1, 0.15) is 0 Å². The van der Waals surface area contributed by atoms with Crippen LogP contribution in [0.1, 0.15) is 20.3 Å². The predicted molar refractivity (Wildman–Crippen MR) is 66.6 cm³/mol. The molecule has 2 rings (SSSR count). The minimum absolute atomic E-state index is 0.556. The normalized spacial score (nSPS) is 18.6. The van der Waals surface area contributed by atoms with Crippen LogP contribution in [0.15, 0.2) is 31.1 Å². The van der Waals surface area contributed by atoms with E-state index in [-0.39, 0.29) is 0 Å². The number of nitrogens with zero attached hydrogens (tertiary/aromatic N) is 4. The zero-order chi connectivity index (χ0) is 12.0. The third-order valence-electron chi connectivity index (χ3n) is 2.68. The Morgan fingerprint density at radius 2 is 2.00 bits per heavy atom. The van der Waals surface area contributed by atoms with Gasteiger partial charge in [0.25, 0.3) is 0 Å². The quantitative estimate of drug-likeness (QED) is 0.763. The zero-order valence-electron chi connectivity index (χ0n) is 10.7. The Bertz CT molecular complexity index is 305. The molecule has 0 amide bonds. The third kappa shape index (κ3) is 3.61. The smallest absolute Gasteiger partial charge is 0.0974 e. The highest BCUT2D eigenvalue weighted by Crippen LogP contribution is 2.12. The molecule has 0 radical (unpaired) electrons. The van der Waals surface area contributed by atoms with Crippen LogP contribution in [0.5, 0.6) is 0 Å². The van der Waals surface area contributed by atoms with Gasteiger partial charge in [0.2, 0.25) is 0 Å². The van der Waals surface area contributed by atoms with Crippen LogP contribution in [0.3, 0.4) is 0 Å². The van der Waals surface area contributed by atoms with E-state index >= 15 is 0 Å². The molecule has 1 aliphatic rings. The largest absolute Gasteiger partial charge is 0.359 e. The summed E-state index contributed by atoms with van der Waals surface area (Å²) in [5.41, 5.74) is 0. The topological polar surface area (TPSA) is 24.3 Å². The number of rotatable bonds is 2. The van der Waals surface area contributed by atoms with Crippen molar-refractivity contribution in [1.82, 2.24) is 19.4 Å². The Labute approximate surface area is 98.2 Å². The second-order valence-corrected chi connectivity index (χ2v) is 4.06. The lowest BCUT2D eigenvalue weighted by Gasteiger charge is -2.26. The van der Waals surface area contributed by atoms with Crippen LogP contribution < -0.4 is 0 Å². The molecule has 0 aromatic carbocycles. The number of aryl methyl sites for hydroxylation is 1. The van der Waals surface area contributed by atoms with E-state index in [4.69, 9.17) is 0 Å². The summed E-state index contributed by atoms with van der Waals surface area (Å²) in [4.78, 5) is 8.35. The molecule has 0 aliphatic carbocycles. The van der Waals surface area contributed by atoms with Gasteiger partial charge in [-0.05, 0) is 13.3 Å². The van der Waals surface area contributed by atoms with Gasteiger partial charge in [-0.15, -0.1) is 0 Å². The number of imidazole rings is 1. The Balaban J connectivity index is 0.000000181. The van der Waals surface area contributed by atoms with Crippen LogP contribution in [-0.4, -0.2) is 39.1 Å². The van der Waals surface area contributed by atoms with Crippen LogP contribution in [0.4, 0.5) is 0 Å². The second-order valence-electron chi connectivity index (χ2n) is 4.06. The highest BCUT2D eigenvalue weighted by atomic mass is 15.4. The van der Waals surface area contributed by atoms with E-state index in [1.165, 1.54) is 13.0 Å². The van der Waals surface area contributed by atoms with Gasteiger partial charge in [-0.25, -0.2) is 4.98 Å². The van der Waals surface area contributed by atoms with Crippen molar-refractivity contribution in [2.45, 2.75) is 26.4 Å². The fraction of sp³-hybridized carbons (Fsp3) is 0.583.